The lowest BCUT2D eigenvalue weighted by Gasteiger charge is -2.17. The van der Waals surface area contributed by atoms with Gasteiger partial charge in [0, 0.05) is 18.9 Å². The summed E-state index contributed by atoms with van der Waals surface area (Å²) in [6.45, 7) is 0.333. The first kappa shape index (κ1) is 15.9. The van der Waals surface area contributed by atoms with E-state index < -0.39 is 29.0 Å². The maximum absolute atomic E-state index is 13.5. The third-order valence-electron chi connectivity index (χ3n) is 2.50. The molecule has 1 rings (SSSR count). The molecule has 2 nitrogen and oxygen atoms in total. The van der Waals surface area contributed by atoms with Crippen LogP contribution in [0.3, 0.4) is 0 Å². The summed E-state index contributed by atoms with van der Waals surface area (Å²) in [7, 11) is 1.42. The van der Waals surface area contributed by atoms with Crippen LogP contribution in [0.5, 0.6) is 0 Å². The van der Waals surface area contributed by atoms with Crippen molar-refractivity contribution < 1.29 is 22.4 Å². The summed E-state index contributed by atoms with van der Waals surface area (Å²) < 4.78 is 51.0. The predicted octanol–water partition coefficient (Wildman–Crippen LogP) is 3.70. The van der Waals surface area contributed by atoms with Crippen molar-refractivity contribution >= 4 is 21.8 Å². The van der Waals surface area contributed by atoms with E-state index in [1.54, 1.807) is 0 Å². The van der Waals surface area contributed by atoms with E-state index in [0.29, 0.717) is 36.5 Å². The van der Waals surface area contributed by atoms with Crippen LogP contribution in [0.15, 0.2) is 18.2 Å². The monoisotopic (exact) mass is 341 g/mol. The number of nitrogens with zero attached hydrogens (tertiary/aromatic N) is 1. The maximum atomic E-state index is 13.5. The van der Waals surface area contributed by atoms with E-state index in [1.807, 2.05) is 0 Å². The summed E-state index contributed by atoms with van der Waals surface area (Å²) in [5, 5.41) is 0.649. The highest BCUT2D eigenvalue weighted by molar-refractivity contribution is 9.09. The smallest absolute Gasteiger partial charge is 0.342 e. The molecule has 0 saturated heterocycles. The van der Waals surface area contributed by atoms with E-state index in [1.165, 1.54) is 11.9 Å². The Morgan fingerprint density at radius 3 is 2.53 bits per heavy atom. The minimum atomic E-state index is -4.60. The SMILES string of the molecule is CN(CCCBr)C(=O)c1cc(C(F)(F)F)ccc1F. The van der Waals surface area contributed by atoms with Crippen LogP contribution in [-0.2, 0) is 6.18 Å². The molecule has 0 aromatic heterocycles. The van der Waals surface area contributed by atoms with Gasteiger partial charge in [-0.3, -0.25) is 4.79 Å². The number of carbonyl (C=O) groups is 1. The summed E-state index contributed by atoms with van der Waals surface area (Å²) in [6.07, 6.45) is -3.97. The third kappa shape index (κ3) is 4.19. The van der Waals surface area contributed by atoms with Crippen LogP contribution in [0.2, 0.25) is 0 Å². The lowest BCUT2D eigenvalue weighted by molar-refractivity contribution is -0.137. The average Bonchev–Trinajstić information content (AvgIpc) is 2.34. The zero-order valence-corrected chi connectivity index (χ0v) is 11.7. The molecule has 0 heterocycles. The molecule has 0 atom stereocenters. The van der Waals surface area contributed by atoms with Gasteiger partial charge in [-0.05, 0) is 24.6 Å². The normalized spacial score (nSPS) is 11.5. The summed E-state index contributed by atoms with van der Waals surface area (Å²) in [4.78, 5) is 13.0. The number of carbonyl (C=O) groups excluding carboxylic acids is 1. The highest BCUT2D eigenvalue weighted by atomic mass is 79.9. The van der Waals surface area contributed by atoms with Crippen LogP contribution in [0.1, 0.15) is 22.3 Å². The number of hydrogen-bond acceptors (Lipinski definition) is 1. The zero-order valence-electron chi connectivity index (χ0n) is 10.1. The van der Waals surface area contributed by atoms with E-state index >= 15 is 0 Å². The molecule has 0 N–H and O–H groups in total. The molecule has 0 aliphatic rings. The minimum absolute atomic E-state index is 0.333. The first-order chi connectivity index (χ1) is 8.77. The van der Waals surface area contributed by atoms with Gasteiger partial charge in [0.25, 0.3) is 5.91 Å². The molecule has 1 aromatic rings. The van der Waals surface area contributed by atoms with Gasteiger partial charge in [-0.15, -0.1) is 0 Å². The van der Waals surface area contributed by atoms with Gasteiger partial charge in [0.1, 0.15) is 5.82 Å². The lowest BCUT2D eigenvalue weighted by Crippen LogP contribution is -2.29. The molecule has 0 aliphatic carbocycles. The van der Waals surface area contributed by atoms with Gasteiger partial charge in [-0.25, -0.2) is 4.39 Å². The average molecular weight is 342 g/mol. The van der Waals surface area contributed by atoms with Crippen molar-refractivity contribution in [1.82, 2.24) is 4.90 Å². The van der Waals surface area contributed by atoms with Gasteiger partial charge in [-0.1, -0.05) is 15.9 Å². The Kier molecular flexibility index (Phi) is 5.34. The van der Waals surface area contributed by atoms with E-state index in [0.717, 1.165) is 0 Å². The van der Waals surface area contributed by atoms with Crippen molar-refractivity contribution in [3.8, 4) is 0 Å². The molecule has 106 valence electrons. The van der Waals surface area contributed by atoms with Gasteiger partial charge in [0.2, 0.25) is 0 Å². The Morgan fingerprint density at radius 2 is 2.00 bits per heavy atom. The zero-order chi connectivity index (χ0) is 14.6. The van der Waals surface area contributed by atoms with Crippen molar-refractivity contribution in [2.45, 2.75) is 12.6 Å². The van der Waals surface area contributed by atoms with Crippen molar-refractivity contribution in [2.75, 3.05) is 18.9 Å². The number of amides is 1. The summed E-state index contributed by atoms with van der Waals surface area (Å²) in [5.41, 5.74) is -1.60. The van der Waals surface area contributed by atoms with E-state index in [-0.39, 0.29) is 0 Å². The number of benzene rings is 1. The molecular weight excluding hydrogens is 330 g/mol. The molecule has 1 aromatic carbocycles. The Morgan fingerprint density at radius 1 is 1.37 bits per heavy atom. The second-order valence-corrected chi connectivity index (χ2v) is 4.75. The fraction of sp³-hybridized carbons (Fsp3) is 0.417. The number of halogens is 5. The molecule has 19 heavy (non-hydrogen) atoms. The van der Waals surface area contributed by atoms with E-state index in [2.05, 4.69) is 15.9 Å². The molecule has 0 unspecified atom stereocenters. The second kappa shape index (κ2) is 6.36. The molecule has 0 spiro atoms. The van der Waals surface area contributed by atoms with Crippen LogP contribution < -0.4 is 0 Å². The molecule has 7 heteroatoms. The molecule has 0 saturated carbocycles. The van der Waals surface area contributed by atoms with Crippen molar-refractivity contribution in [2.24, 2.45) is 0 Å². The number of rotatable bonds is 4. The first-order valence-electron chi connectivity index (χ1n) is 5.45. The summed E-state index contributed by atoms with van der Waals surface area (Å²) in [5.74, 6) is -1.71. The Labute approximate surface area is 116 Å². The Bertz CT molecular complexity index is 462. The van der Waals surface area contributed by atoms with Crippen LogP contribution in [0.25, 0.3) is 0 Å². The highest BCUT2D eigenvalue weighted by Crippen LogP contribution is 2.30. The quantitative estimate of drug-likeness (QED) is 0.604. The van der Waals surface area contributed by atoms with Gasteiger partial charge in [0.15, 0.2) is 0 Å². The van der Waals surface area contributed by atoms with Crippen molar-refractivity contribution in [3.05, 3.63) is 35.1 Å². The maximum Gasteiger partial charge on any atom is 0.416 e. The second-order valence-electron chi connectivity index (χ2n) is 3.96. The molecular formula is C12H12BrF4NO. The highest BCUT2D eigenvalue weighted by Gasteiger charge is 2.32. The van der Waals surface area contributed by atoms with Crippen molar-refractivity contribution in [3.63, 3.8) is 0 Å². The van der Waals surface area contributed by atoms with Crippen LogP contribution in [-0.4, -0.2) is 29.7 Å². The molecule has 1 amide bonds. The number of alkyl halides is 4. The predicted molar refractivity (Wildman–Crippen MR) is 66.8 cm³/mol. The van der Waals surface area contributed by atoms with E-state index in [4.69, 9.17) is 0 Å². The van der Waals surface area contributed by atoms with Crippen LogP contribution >= 0.6 is 15.9 Å². The van der Waals surface area contributed by atoms with E-state index in [9.17, 15) is 22.4 Å². The Hall–Kier alpha value is -1.11. The molecule has 0 bridgehead atoms. The Balaban J connectivity index is 3.02. The van der Waals surface area contributed by atoms with Gasteiger partial charge in [0.05, 0.1) is 11.1 Å². The third-order valence-corrected chi connectivity index (χ3v) is 3.06. The standard InChI is InChI=1S/C12H12BrF4NO/c1-18(6-2-5-13)11(19)9-7-8(12(15,16)17)3-4-10(9)14/h3-4,7H,2,5-6H2,1H3. The largest absolute Gasteiger partial charge is 0.416 e. The molecule has 0 fully saturated rings. The van der Waals surface area contributed by atoms with Gasteiger partial charge < -0.3 is 4.90 Å². The summed E-state index contributed by atoms with van der Waals surface area (Å²) in [6, 6.07) is 1.82. The number of hydrogen-bond donors (Lipinski definition) is 0. The topological polar surface area (TPSA) is 20.3 Å². The van der Waals surface area contributed by atoms with Gasteiger partial charge >= 0.3 is 6.18 Å². The molecule has 0 aliphatic heterocycles. The fourth-order valence-corrected chi connectivity index (χ4v) is 1.72. The lowest BCUT2D eigenvalue weighted by atomic mass is 10.1. The molecule has 0 radical (unpaired) electrons. The minimum Gasteiger partial charge on any atom is -0.342 e. The van der Waals surface area contributed by atoms with Crippen LogP contribution in [0, 0.1) is 5.82 Å². The summed E-state index contributed by atoms with van der Waals surface area (Å²) >= 11 is 3.17. The van der Waals surface area contributed by atoms with Crippen LogP contribution in [0.4, 0.5) is 17.6 Å². The van der Waals surface area contributed by atoms with Gasteiger partial charge in [-0.2, -0.15) is 13.2 Å². The van der Waals surface area contributed by atoms with Crippen molar-refractivity contribution in [1.29, 1.82) is 0 Å². The first-order valence-corrected chi connectivity index (χ1v) is 6.57. The fourth-order valence-electron chi connectivity index (χ4n) is 1.47.